The Morgan fingerprint density at radius 3 is 2.54 bits per heavy atom. The molecule has 0 aliphatic carbocycles. The minimum Gasteiger partial charge on any atom is -0.494 e. The lowest BCUT2D eigenvalue weighted by Gasteiger charge is -2.33. The number of likely N-dealkylation sites (tertiary alicyclic amines) is 1. The van der Waals surface area contributed by atoms with Crippen LogP contribution in [0.1, 0.15) is 31.4 Å². The van der Waals surface area contributed by atoms with E-state index in [1.165, 1.54) is 4.52 Å². The Labute approximate surface area is 213 Å². The summed E-state index contributed by atoms with van der Waals surface area (Å²) in [4.78, 5) is 19.8. The number of halogens is 1. The third kappa shape index (κ3) is 5.18. The normalized spacial score (nSPS) is 14.3. The molecule has 2 aromatic heterocycles. The van der Waals surface area contributed by atoms with Crippen molar-refractivity contribution >= 4 is 40.3 Å². The fourth-order valence-corrected chi connectivity index (χ4v) is 4.80. The van der Waals surface area contributed by atoms with Crippen LogP contribution in [-0.4, -0.2) is 44.3 Å². The van der Waals surface area contributed by atoms with E-state index in [1.54, 1.807) is 6.07 Å². The smallest absolute Gasteiger partial charge is 0.272 e. The van der Waals surface area contributed by atoms with Crippen molar-refractivity contribution in [2.24, 2.45) is 0 Å². The molecule has 35 heavy (non-hydrogen) atoms. The Morgan fingerprint density at radius 1 is 1.14 bits per heavy atom. The molecule has 0 radical (unpaired) electrons. The molecule has 3 heterocycles. The second kappa shape index (κ2) is 10.1. The second-order valence-corrected chi connectivity index (χ2v) is 9.36. The maximum atomic E-state index is 12.8. The number of aromatic nitrogens is 3. The number of piperidine rings is 1. The third-order valence-electron chi connectivity index (χ3n) is 6.24. The first kappa shape index (κ1) is 23.4. The van der Waals surface area contributed by atoms with Gasteiger partial charge in [-0.2, -0.15) is 0 Å². The molecule has 0 saturated carbocycles. The number of thiocarbonyl (C=S) groups is 1. The predicted molar refractivity (Wildman–Crippen MR) is 144 cm³/mol. The monoisotopic (exact) mass is 507 g/mol. The highest BCUT2D eigenvalue weighted by atomic mass is 35.5. The Hall–Kier alpha value is -3.36. The predicted octanol–water partition coefficient (Wildman–Crippen LogP) is 5.32. The minimum absolute atomic E-state index is 0.111. The highest BCUT2D eigenvalue weighted by Crippen LogP contribution is 2.28. The summed E-state index contributed by atoms with van der Waals surface area (Å²) in [5.41, 5.74) is 4.05. The van der Waals surface area contributed by atoms with E-state index in [0.717, 1.165) is 54.3 Å². The largest absolute Gasteiger partial charge is 0.494 e. The fourth-order valence-electron chi connectivity index (χ4n) is 4.38. The molecule has 9 heteroatoms. The number of aromatic amines is 1. The molecule has 1 fully saturated rings. The van der Waals surface area contributed by atoms with Crippen molar-refractivity contribution in [2.75, 3.05) is 25.0 Å². The number of nitrogens with zero attached hydrogens (tertiary/aromatic N) is 3. The summed E-state index contributed by atoms with van der Waals surface area (Å²) >= 11 is 11.6. The summed E-state index contributed by atoms with van der Waals surface area (Å²) in [6.45, 7) is 4.21. The zero-order valence-electron chi connectivity index (χ0n) is 19.3. The molecule has 0 spiro atoms. The van der Waals surface area contributed by atoms with Crippen LogP contribution >= 0.6 is 23.8 Å². The molecular weight excluding hydrogens is 482 g/mol. The van der Waals surface area contributed by atoms with Crippen molar-refractivity contribution < 1.29 is 4.74 Å². The molecule has 180 valence electrons. The van der Waals surface area contributed by atoms with Crippen molar-refractivity contribution in [1.29, 1.82) is 0 Å². The average molecular weight is 508 g/mol. The van der Waals surface area contributed by atoms with Crippen molar-refractivity contribution in [1.82, 2.24) is 19.5 Å². The van der Waals surface area contributed by atoms with Crippen molar-refractivity contribution in [3.63, 3.8) is 0 Å². The number of fused-ring (bicyclic) bond motifs is 1. The molecule has 0 atom stereocenters. The number of hydrogen-bond acceptors (Lipinski definition) is 4. The zero-order valence-corrected chi connectivity index (χ0v) is 20.9. The van der Waals surface area contributed by atoms with Gasteiger partial charge < -0.3 is 15.0 Å². The van der Waals surface area contributed by atoms with Crippen LogP contribution in [-0.2, 0) is 0 Å². The van der Waals surface area contributed by atoms with Crippen LogP contribution in [0.25, 0.3) is 16.9 Å². The van der Waals surface area contributed by atoms with Crippen LogP contribution in [0.15, 0.2) is 65.5 Å². The maximum Gasteiger partial charge on any atom is 0.272 e. The van der Waals surface area contributed by atoms with E-state index >= 15 is 0 Å². The number of ether oxygens (including phenoxy) is 1. The number of rotatable bonds is 5. The van der Waals surface area contributed by atoms with Crippen LogP contribution in [0.2, 0.25) is 5.02 Å². The van der Waals surface area contributed by atoms with E-state index < -0.39 is 0 Å². The first-order valence-corrected chi connectivity index (χ1v) is 12.5. The first-order chi connectivity index (χ1) is 17.0. The molecule has 1 saturated heterocycles. The van der Waals surface area contributed by atoms with Crippen LogP contribution < -0.4 is 15.6 Å². The summed E-state index contributed by atoms with van der Waals surface area (Å²) in [5, 5.41) is 7.83. The maximum absolute atomic E-state index is 12.8. The summed E-state index contributed by atoms with van der Waals surface area (Å²) in [6.07, 6.45) is 1.75. The van der Waals surface area contributed by atoms with Crippen molar-refractivity contribution in [3.05, 3.63) is 81.7 Å². The fraction of sp³-hybridized carbons (Fsp3) is 0.269. The van der Waals surface area contributed by atoms with E-state index in [2.05, 4.69) is 15.3 Å². The van der Waals surface area contributed by atoms with E-state index in [-0.39, 0.29) is 11.5 Å². The molecule has 0 amide bonds. The van der Waals surface area contributed by atoms with Gasteiger partial charge in [0, 0.05) is 41.9 Å². The summed E-state index contributed by atoms with van der Waals surface area (Å²) in [5.74, 6) is 1.05. The molecule has 5 rings (SSSR count). The van der Waals surface area contributed by atoms with E-state index in [9.17, 15) is 4.79 Å². The summed E-state index contributed by atoms with van der Waals surface area (Å²) in [6, 6.07) is 18.8. The van der Waals surface area contributed by atoms with E-state index in [0.29, 0.717) is 22.4 Å². The first-order valence-electron chi connectivity index (χ1n) is 11.7. The lowest BCUT2D eigenvalue weighted by molar-refractivity contribution is 0.313. The number of H-pyrrole nitrogens is 1. The molecule has 2 aromatic carbocycles. The summed E-state index contributed by atoms with van der Waals surface area (Å²) < 4.78 is 6.98. The van der Waals surface area contributed by atoms with Crippen LogP contribution in [0.3, 0.4) is 0 Å². The molecule has 2 N–H and O–H groups in total. The van der Waals surface area contributed by atoms with Gasteiger partial charge in [-0.1, -0.05) is 23.7 Å². The van der Waals surface area contributed by atoms with Crippen molar-refractivity contribution in [3.8, 4) is 17.0 Å². The number of anilines is 1. The average Bonchev–Trinajstić information content (AvgIpc) is 3.31. The van der Waals surface area contributed by atoms with Crippen molar-refractivity contribution in [2.45, 2.75) is 25.7 Å². The van der Waals surface area contributed by atoms with Gasteiger partial charge in [0.2, 0.25) is 0 Å². The van der Waals surface area contributed by atoms with Gasteiger partial charge in [-0.15, -0.1) is 0 Å². The van der Waals surface area contributed by atoms with Gasteiger partial charge in [0.15, 0.2) is 10.8 Å². The minimum atomic E-state index is -0.111. The Balaban J connectivity index is 1.25. The lowest BCUT2D eigenvalue weighted by Crippen LogP contribution is -2.40. The quantitative estimate of drug-likeness (QED) is 0.356. The lowest BCUT2D eigenvalue weighted by atomic mass is 9.93. The summed E-state index contributed by atoms with van der Waals surface area (Å²) in [7, 11) is 0. The van der Waals surface area contributed by atoms with Gasteiger partial charge in [-0.3, -0.25) is 9.89 Å². The molecule has 0 bridgehead atoms. The third-order valence-corrected chi connectivity index (χ3v) is 6.85. The van der Waals surface area contributed by atoms with E-state index in [4.69, 9.17) is 33.5 Å². The van der Waals surface area contributed by atoms with Gasteiger partial charge >= 0.3 is 0 Å². The Bertz CT molecular complexity index is 1390. The Morgan fingerprint density at radius 2 is 1.86 bits per heavy atom. The SMILES string of the molecule is CCOc1ccc(NC(=S)N2CCC(c3cc(=O)n4[nH]c(-c5ccc(Cl)cc5)cc4n3)CC2)cc1. The number of nitrogens with one attached hydrogen (secondary N) is 2. The van der Waals surface area contributed by atoms with Gasteiger partial charge in [-0.05, 0) is 73.9 Å². The van der Waals surface area contributed by atoms with Crippen LogP contribution in [0.4, 0.5) is 5.69 Å². The zero-order chi connectivity index (χ0) is 24.4. The second-order valence-electron chi connectivity index (χ2n) is 8.54. The van der Waals surface area contributed by atoms with Crippen LogP contribution in [0.5, 0.6) is 5.75 Å². The molecule has 4 aromatic rings. The molecular formula is C26H26ClN5O2S. The standard InChI is InChI=1S/C26H26ClN5O2S/c1-2-34-21-9-7-20(8-10-21)28-26(35)31-13-11-18(12-14-31)22-16-25(33)32-24(29-22)15-23(30-32)17-3-5-19(27)6-4-17/h3-10,15-16,18,30H,2,11-14H2,1H3,(H,28,35). The highest BCUT2D eigenvalue weighted by Gasteiger charge is 2.24. The van der Waals surface area contributed by atoms with Gasteiger partial charge in [0.25, 0.3) is 5.56 Å². The molecule has 1 aliphatic rings. The number of hydrogen-bond donors (Lipinski definition) is 2. The molecule has 0 unspecified atom stereocenters. The molecule has 7 nitrogen and oxygen atoms in total. The van der Waals surface area contributed by atoms with Crippen LogP contribution in [0, 0.1) is 0 Å². The Kier molecular flexibility index (Phi) is 6.74. The molecule has 1 aliphatic heterocycles. The van der Waals surface area contributed by atoms with Gasteiger partial charge in [0.05, 0.1) is 18.0 Å². The highest BCUT2D eigenvalue weighted by molar-refractivity contribution is 7.80. The number of benzene rings is 2. The van der Waals surface area contributed by atoms with Gasteiger partial charge in [0.1, 0.15) is 5.75 Å². The van der Waals surface area contributed by atoms with Gasteiger partial charge in [-0.25, -0.2) is 9.50 Å². The topological polar surface area (TPSA) is 74.7 Å². The van der Waals surface area contributed by atoms with E-state index in [1.807, 2.05) is 61.5 Å².